The number of carbonyl (C=O) groups excluding carboxylic acids is 1. The highest BCUT2D eigenvalue weighted by atomic mass is 35.5. The Bertz CT molecular complexity index is 1320. The average molecular weight is 573 g/mol. The van der Waals surface area contributed by atoms with E-state index in [0.717, 1.165) is 13.1 Å². The Labute approximate surface area is 234 Å². The van der Waals surface area contributed by atoms with E-state index >= 15 is 0 Å². The van der Waals surface area contributed by atoms with E-state index in [1.807, 2.05) is 17.0 Å². The molecule has 0 N–H and O–H groups in total. The molecular formula is C29H31Cl2N3O3S. The van der Waals surface area contributed by atoms with E-state index in [1.165, 1.54) is 27.6 Å². The van der Waals surface area contributed by atoms with Crippen LogP contribution in [0.25, 0.3) is 0 Å². The Hall–Kier alpha value is -2.42. The van der Waals surface area contributed by atoms with Crippen molar-refractivity contribution >= 4 is 39.1 Å². The van der Waals surface area contributed by atoms with Gasteiger partial charge in [0.25, 0.3) is 0 Å². The van der Waals surface area contributed by atoms with Crippen LogP contribution in [-0.4, -0.2) is 67.7 Å². The van der Waals surface area contributed by atoms with Crippen molar-refractivity contribution in [3.8, 4) is 0 Å². The van der Waals surface area contributed by atoms with Gasteiger partial charge in [0.15, 0.2) is 0 Å². The van der Waals surface area contributed by atoms with Crippen molar-refractivity contribution in [2.45, 2.75) is 23.8 Å². The lowest BCUT2D eigenvalue weighted by molar-refractivity contribution is -0.138. The third kappa shape index (κ3) is 5.77. The number of piperazine rings is 1. The minimum atomic E-state index is -3.86. The molecule has 0 aromatic heterocycles. The summed E-state index contributed by atoms with van der Waals surface area (Å²) in [5.74, 6) is -0.347. The van der Waals surface area contributed by atoms with Gasteiger partial charge in [0.2, 0.25) is 15.9 Å². The maximum Gasteiger partial charge on any atom is 0.244 e. The molecule has 3 aromatic carbocycles. The van der Waals surface area contributed by atoms with Gasteiger partial charge in [-0.25, -0.2) is 8.42 Å². The molecule has 0 radical (unpaired) electrons. The van der Waals surface area contributed by atoms with Crippen molar-refractivity contribution in [2.75, 3.05) is 39.3 Å². The molecule has 2 heterocycles. The van der Waals surface area contributed by atoms with Gasteiger partial charge in [-0.3, -0.25) is 9.69 Å². The smallest absolute Gasteiger partial charge is 0.244 e. The van der Waals surface area contributed by atoms with Crippen molar-refractivity contribution in [3.63, 3.8) is 0 Å². The molecule has 0 bridgehead atoms. The summed E-state index contributed by atoms with van der Waals surface area (Å²) < 4.78 is 28.1. The van der Waals surface area contributed by atoms with Crippen molar-refractivity contribution in [1.82, 2.24) is 14.1 Å². The zero-order valence-corrected chi connectivity index (χ0v) is 23.4. The third-order valence-electron chi connectivity index (χ3n) is 7.47. The SMILES string of the molecule is O=C([C@H]1CCCN(S(=O)(=O)c2cc(Cl)ccc2Cl)C1)N1CCN(C(c2ccccc2)c2ccccc2)CC1. The summed E-state index contributed by atoms with van der Waals surface area (Å²) >= 11 is 12.3. The first kappa shape index (κ1) is 27.2. The van der Waals surface area contributed by atoms with Crippen LogP contribution >= 0.6 is 23.2 Å². The fourth-order valence-corrected chi connectivity index (χ4v) is 7.78. The van der Waals surface area contributed by atoms with Crippen LogP contribution in [0.15, 0.2) is 83.8 Å². The molecule has 1 atom stereocenters. The molecule has 0 aliphatic carbocycles. The average Bonchev–Trinajstić information content (AvgIpc) is 2.96. The minimum absolute atomic E-state index is 0.0127. The maximum atomic E-state index is 13.5. The number of amides is 1. The summed E-state index contributed by atoms with van der Waals surface area (Å²) in [5.41, 5.74) is 2.46. The number of carbonyl (C=O) groups is 1. The summed E-state index contributed by atoms with van der Waals surface area (Å²) in [6, 6.07) is 25.4. The van der Waals surface area contributed by atoms with E-state index in [2.05, 4.69) is 53.4 Å². The molecule has 2 fully saturated rings. The standard InChI is InChI=1S/C29H31Cl2N3O3S/c30-25-13-14-26(31)27(20-25)38(36,37)34-15-7-12-24(21-34)29(35)33-18-16-32(17-19-33)28(22-8-3-1-4-9-22)23-10-5-2-6-11-23/h1-6,8-11,13-14,20,24,28H,7,12,15-19,21H2/t24-/m0/s1. The molecule has 9 heteroatoms. The van der Waals surface area contributed by atoms with Crippen LogP contribution in [0.3, 0.4) is 0 Å². The summed E-state index contributed by atoms with van der Waals surface area (Å²) in [4.78, 5) is 17.8. The summed E-state index contributed by atoms with van der Waals surface area (Å²) in [6.45, 7) is 3.22. The van der Waals surface area contributed by atoms with E-state index in [9.17, 15) is 13.2 Å². The van der Waals surface area contributed by atoms with E-state index in [1.54, 1.807) is 6.07 Å². The first-order valence-electron chi connectivity index (χ1n) is 12.9. The van der Waals surface area contributed by atoms with Crippen LogP contribution in [0.5, 0.6) is 0 Å². The summed E-state index contributed by atoms with van der Waals surface area (Å²) in [5, 5.41) is 0.435. The molecule has 0 spiro atoms. The molecule has 3 aromatic rings. The van der Waals surface area contributed by atoms with Crippen LogP contribution < -0.4 is 0 Å². The Balaban J connectivity index is 1.26. The first-order chi connectivity index (χ1) is 18.3. The Morgan fingerprint density at radius 2 is 1.42 bits per heavy atom. The van der Waals surface area contributed by atoms with Gasteiger partial charge in [-0.05, 0) is 42.2 Å². The lowest BCUT2D eigenvalue weighted by Gasteiger charge is -2.41. The van der Waals surface area contributed by atoms with Gasteiger partial charge >= 0.3 is 0 Å². The number of hydrogen-bond acceptors (Lipinski definition) is 4. The zero-order valence-electron chi connectivity index (χ0n) is 21.0. The summed E-state index contributed by atoms with van der Waals surface area (Å²) in [6.07, 6.45) is 1.29. The number of piperidine rings is 1. The van der Waals surface area contributed by atoms with Gasteiger partial charge in [-0.2, -0.15) is 4.31 Å². The number of hydrogen-bond donors (Lipinski definition) is 0. The quantitative estimate of drug-likeness (QED) is 0.401. The second-order valence-corrected chi connectivity index (χ2v) is 12.6. The molecule has 5 rings (SSSR count). The van der Waals surface area contributed by atoms with Gasteiger partial charge in [0.1, 0.15) is 4.90 Å². The normalized spacial score (nSPS) is 19.6. The number of nitrogens with zero attached hydrogens (tertiary/aromatic N) is 3. The van der Waals surface area contributed by atoms with Crippen LogP contribution in [0.2, 0.25) is 10.0 Å². The number of benzene rings is 3. The van der Waals surface area contributed by atoms with E-state index in [0.29, 0.717) is 37.5 Å². The van der Waals surface area contributed by atoms with Gasteiger partial charge in [0.05, 0.1) is 17.0 Å². The van der Waals surface area contributed by atoms with Crippen molar-refractivity contribution in [1.29, 1.82) is 0 Å². The van der Waals surface area contributed by atoms with Gasteiger partial charge in [-0.15, -0.1) is 0 Å². The predicted molar refractivity (Wildman–Crippen MR) is 151 cm³/mol. The van der Waals surface area contributed by atoms with Crippen LogP contribution in [-0.2, 0) is 14.8 Å². The topological polar surface area (TPSA) is 60.9 Å². The highest BCUT2D eigenvalue weighted by Gasteiger charge is 2.37. The lowest BCUT2D eigenvalue weighted by Crippen LogP contribution is -2.53. The molecule has 2 saturated heterocycles. The molecule has 6 nitrogen and oxygen atoms in total. The highest BCUT2D eigenvalue weighted by molar-refractivity contribution is 7.89. The van der Waals surface area contributed by atoms with Crippen LogP contribution in [0.4, 0.5) is 0 Å². The molecular weight excluding hydrogens is 541 g/mol. The second-order valence-electron chi connectivity index (χ2n) is 9.86. The van der Waals surface area contributed by atoms with Crippen LogP contribution in [0.1, 0.15) is 30.0 Å². The summed E-state index contributed by atoms with van der Waals surface area (Å²) in [7, 11) is -3.86. The molecule has 1 amide bonds. The predicted octanol–water partition coefficient (Wildman–Crippen LogP) is 5.33. The van der Waals surface area contributed by atoms with Crippen molar-refractivity contribution < 1.29 is 13.2 Å². The molecule has 0 saturated carbocycles. The highest BCUT2D eigenvalue weighted by Crippen LogP contribution is 2.32. The number of halogens is 2. The van der Waals surface area contributed by atoms with Crippen molar-refractivity contribution in [2.24, 2.45) is 5.92 Å². The third-order valence-corrected chi connectivity index (χ3v) is 10.0. The molecule has 38 heavy (non-hydrogen) atoms. The lowest BCUT2D eigenvalue weighted by atomic mass is 9.95. The second kappa shape index (κ2) is 11.8. The zero-order chi connectivity index (χ0) is 26.7. The Kier molecular flexibility index (Phi) is 8.41. The first-order valence-corrected chi connectivity index (χ1v) is 15.1. The largest absolute Gasteiger partial charge is 0.340 e. The van der Waals surface area contributed by atoms with Gasteiger partial charge < -0.3 is 4.90 Å². The fourth-order valence-electron chi connectivity index (χ4n) is 5.52. The van der Waals surface area contributed by atoms with Gasteiger partial charge in [-0.1, -0.05) is 83.9 Å². The Morgan fingerprint density at radius 1 is 0.816 bits per heavy atom. The number of rotatable bonds is 6. The molecule has 2 aliphatic heterocycles. The van der Waals surface area contributed by atoms with Crippen LogP contribution in [0, 0.1) is 5.92 Å². The fraction of sp³-hybridized carbons (Fsp3) is 0.345. The Morgan fingerprint density at radius 3 is 2.03 bits per heavy atom. The molecule has 0 unspecified atom stereocenters. The monoisotopic (exact) mass is 571 g/mol. The molecule has 2 aliphatic rings. The van der Waals surface area contributed by atoms with Crippen molar-refractivity contribution in [3.05, 3.63) is 100 Å². The number of sulfonamides is 1. The maximum absolute atomic E-state index is 13.5. The molecule has 200 valence electrons. The minimum Gasteiger partial charge on any atom is -0.340 e. The van der Waals surface area contributed by atoms with E-state index in [4.69, 9.17) is 23.2 Å². The van der Waals surface area contributed by atoms with E-state index in [-0.39, 0.29) is 34.3 Å². The van der Waals surface area contributed by atoms with E-state index < -0.39 is 10.0 Å². The van der Waals surface area contributed by atoms with Gasteiger partial charge in [0, 0.05) is 44.3 Å².